The first-order valence-corrected chi connectivity index (χ1v) is 13.0. The number of hydrogen-bond acceptors (Lipinski definition) is 4. The van der Waals surface area contributed by atoms with Crippen molar-refractivity contribution in [1.82, 2.24) is 10.3 Å². The molecule has 6 nitrogen and oxygen atoms in total. The lowest BCUT2D eigenvalue weighted by Gasteiger charge is -2.25. The minimum Gasteiger partial charge on any atom is -0.351 e. The fraction of sp³-hybridized carbons (Fsp3) is 0.179. The molecule has 1 atom stereocenters. The first-order chi connectivity index (χ1) is 17.2. The fourth-order valence-corrected chi connectivity index (χ4v) is 4.76. The van der Waals surface area contributed by atoms with Gasteiger partial charge in [-0.3, -0.25) is 9.59 Å². The van der Waals surface area contributed by atoms with Gasteiger partial charge in [0.05, 0.1) is 11.4 Å². The Labute approximate surface area is 208 Å². The molecule has 2 amide bonds. The van der Waals surface area contributed by atoms with Crippen molar-refractivity contribution in [2.24, 2.45) is 4.99 Å². The Balaban J connectivity index is 1.55. The van der Waals surface area contributed by atoms with Crippen LogP contribution in [0.25, 0.3) is 10.9 Å². The quantitative estimate of drug-likeness (QED) is 0.369. The molecule has 1 aromatic heterocycles. The van der Waals surface area contributed by atoms with Crippen molar-refractivity contribution >= 4 is 45.9 Å². The van der Waals surface area contributed by atoms with Crippen LogP contribution >= 0.6 is 11.8 Å². The normalized spacial score (nSPS) is 15.5. The summed E-state index contributed by atoms with van der Waals surface area (Å²) in [6.45, 7) is 0.549. The van der Waals surface area contributed by atoms with E-state index in [0.717, 1.165) is 39.9 Å². The van der Waals surface area contributed by atoms with Crippen molar-refractivity contribution in [1.29, 1.82) is 0 Å². The highest BCUT2D eigenvalue weighted by Gasteiger charge is 2.33. The first kappa shape index (κ1) is 22.9. The lowest BCUT2D eigenvalue weighted by molar-refractivity contribution is -0.120. The van der Waals surface area contributed by atoms with Crippen LogP contribution < -0.4 is 10.2 Å². The molecule has 0 saturated carbocycles. The van der Waals surface area contributed by atoms with Crippen LogP contribution in [0.2, 0.25) is 0 Å². The molecule has 4 aromatic rings. The SMILES string of the molecule is CSCCCN1C(=O)[C@@H](NC(=O)c2cc3ccccc3[nH]2)N=C(c2ccccc2)c2ccccc21. The molecule has 35 heavy (non-hydrogen) atoms. The summed E-state index contributed by atoms with van der Waals surface area (Å²) in [7, 11) is 0. The summed E-state index contributed by atoms with van der Waals surface area (Å²) in [5.74, 6) is 0.324. The number of nitrogens with one attached hydrogen (secondary N) is 2. The van der Waals surface area contributed by atoms with Crippen LogP contribution in [-0.4, -0.2) is 47.2 Å². The van der Waals surface area contributed by atoms with E-state index in [2.05, 4.69) is 16.6 Å². The Bertz CT molecular complexity index is 1360. The maximum Gasteiger partial charge on any atom is 0.272 e. The maximum absolute atomic E-state index is 13.8. The van der Waals surface area contributed by atoms with Gasteiger partial charge in [-0.1, -0.05) is 66.7 Å². The smallest absolute Gasteiger partial charge is 0.272 e. The van der Waals surface area contributed by atoms with Crippen molar-refractivity contribution < 1.29 is 9.59 Å². The number of aromatic amines is 1. The van der Waals surface area contributed by atoms with Gasteiger partial charge in [-0.2, -0.15) is 11.8 Å². The Kier molecular flexibility index (Phi) is 6.68. The summed E-state index contributed by atoms with van der Waals surface area (Å²) >= 11 is 1.75. The molecule has 0 unspecified atom stereocenters. The molecule has 0 saturated heterocycles. The minimum absolute atomic E-state index is 0.242. The van der Waals surface area contributed by atoms with E-state index in [1.807, 2.05) is 78.9 Å². The number of H-pyrrole nitrogens is 1. The third-order valence-corrected chi connectivity index (χ3v) is 6.72. The van der Waals surface area contributed by atoms with Gasteiger partial charge < -0.3 is 15.2 Å². The van der Waals surface area contributed by atoms with Gasteiger partial charge in [0.1, 0.15) is 5.69 Å². The molecule has 0 radical (unpaired) electrons. The molecular weight excluding hydrogens is 456 g/mol. The second-order valence-electron chi connectivity index (χ2n) is 8.34. The van der Waals surface area contributed by atoms with Gasteiger partial charge in [-0.25, -0.2) is 4.99 Å². The van der Waals surface area contributed by atoms with Crippen molar-refractivity contribution in [3.63, 3.8) is 0 Å². The van der Waals surface area contributed by atoms with E-state index in [1.165, 1.54) is 0 Å². The molecule has 2 heterocycles. The zero-order chi connectivity index (χ0) is 24.2. The molecule has 0 aliphatic carbocycles. The van der Waals surface area contributed by atoms with E-state index >= 15 is 0 Å². The van der Waals surface area contributed by atoms with E-state index < -0.39 is 6.17 Å². The number of para-hydroxylation sites is 2. The number of amides is 2. The average molecular weight is 483 g/mol. The van der Waals surface area contributed by atoms with Crippen molar-refractivity contribution in [2.45, 2.75) is 12.6 Å². The molecule has 2 N–H and O–H groups in total. The van der Waals surface area contributed by atoms with E-state index in [-0.39, 0.29) is 11.8 Å². The largest absolute Gasteiger partial charge is 0.351 e. The van der Waals surface area contributed by atoms with Crippen molar-refractivity contribution in [3.05, 3.63) is 102 Å². The number of fused-ring (bicyclic) bond motifs is 2. The van der Waals surface area contributed by atoms with Crippen LogP contribution in [0.5, 0.6) is 0 Å². The van der Waals surface area contributed by atoms with Crippen LogP contribution in [0.1, 0.15) is 28.0 Å². The number of carbonyl (C=O) groups is 2. The van der Waals surface area contributed by atoms with Gasteiger partial charge in [-0.05, 0) is 36.6 Å². The molecule has 0 spiro atoms. The zero-order valence-corrected chi connectivity index (χ0v) is 20.2. The predicted molar refractivity (Wildman–Crippen MR) is 143 cm³/mol. The minimum atomic E-state index is -1.05. The van der Waals surface area contributed by atoms with E-state index in [4.69, 9.17) is 4.99 Å². The number of benzene rings is 3. The molecule has 0 fully saturated rings. The van der Waals surface area contributed by atoms with Crippen LogP contribution in [0.3, 0.4) is 0 Å². The van der Waals surface area contributed by atoms with Gasteiger partial charge >= 0.3 is 0 Å². The van der Waals surface area contributed by atoms with Crippen LogP contribution in [0.4, 0.5) is 5.69 Å². The van der Waals surface area contributed by atoms with Crippen molar-refractivity contribution in [3.8, 4) is 0 Å². The Morgan fingerprint density at radius 2 is 1.77 bits per heavy atom. The van der Waals surface area contributed by atoms with E-state index in [1.54, 1.807) is 22.7 Å². The lowest BCUT2D eigenvalue weighted by Crippen LogP contribution is -2.47. The maximum atomic E-state index is 13.8. The molecule has 0 bridgehead atoms. The highest BCUT2D eigenvalue weighted by atomic mass is 32.2. The van der Waals surface area contributed by atoms with Gasteiger partial charge in [-0.15, -0.1) is 0 Å². The number of anilines is 1. The third-order valence-electron chi connectivity index (χ3n) is 6.03. The second kappa shape index (κ2) is 10.2. The summed E-state index contributed by atoms with van der Waals surface area (Å²) in [6.07, 6.45) is 1.84. The number of thioether (sulfide) groups is 1. The van der Waals surface area contributed by atoms with Gasteiger partial charge in [0.25, 0.3) is 11.8 Å². The number of aromatic nitrogens is 1. The molecule has 5 rings (SSSR count). The van der Waals surface area contributed by atoms with Crippen LogP contribution in [-0.2, 0) is 4.79 Å². The number of aliphatic imine (C=N–C) groups is 1. The van der Waals surface area contributed by atoms with Gasteiger partial charge in [0, 0.05) is 28.6 Å². The number of benzodiazepines with no additional fused rings is 1. The lowest BCUT2D eigenvalue weighted by atomic mass is 10.0. The van der Waals surface area contributed by atoms with Crippen molar-refractivity contribution in [2.75, 3.05) is 23.5 Å². The topological polar surface area (TPSA) is 77.6 Å². The number of hydrogen-bond donors (Lipinski definition) is 2. The van der Waals surface area contributed by atoms with Gasteiger partial charge in [0.15, 0.2) is 0 Å². The molecule has 176 valence electrons. The summed E-state index contributed by atoms with van der Waals surface area (Å²) in [4.78, 5) is 36.8. The van der Waals surface area contributed by atoms with E-state index in [0.29, 0.717) is 18.0 Å². The summed E-state index contributed by atoms with van der Waals surface area (Å²) < 4.78 is 0. The number of rotatable bonds is 7. The number of nitrogens with zero attached hydrogens (tertiary/aromatic N) is 2. The van der Waals surface area contributed by atoms with Crippen LogP contribution in [0.15, 0.2) is 89.9 Å². The Morgan fingerprint density at radius 1 is 1.03 bits per heavy atom. The summed E-state index contributed by atoms with van der Waals surface area (Å²) in [6, 6.07) is 27.1. The molecule has 1 aliphatic heterocycles. The highest BCUT2D eigenvalue weighted by Crippen LogP contribution is 2.28. The molecule has 7 heteroatoms. The molecular formula is C28H26N4O2S. The molecule has 1 aliphatic rings. The first-order valence-electron chi connectivity index (χ1n) is 11.6. The van der Waals surface area contributed by atoms with Gasteiger partial charge in [0.2, 0.25) is 6.17 Å². The van der Waals surface area contributed by atoms with E-state index in [9.17, 15) is 9.59 Å². The predicted octanol–water partition coefficient (Wildman–Crippen LogP) is 4.86. The second-order valence-corrected chi connectivity index (χ2v) is 9.33. The number of carbonyl (C=O) groups excluding carboxylic acids is 2. The fourth-order valence-electron chi connectivity index (χ4n) is 4.34. The third kappa shape index (κ3) is 4.72. The summed E-state index contributed by atoms with van der Waals surface area (Å²) in [5, 5.41) is 3.82. The standard InChI is InChI=1S/C28H26N4O2S/c1-35-17-9-16-32-24-15-8-6-13-21(24)25(19-10-3-2-4-11-19)30-26(28(32)34)31-27(33)23-18-20-12-5-7-14-22(20)29-23/h2-8,10-15,18,26,29H,9,16-17H2,1H3,(H,31,33)/t26-/m1/s1. The average Bonchev–Trinajstić information content (AvgIpc) is 3.30. The Morgan fingerprint density at radius 3 is 2.57 bits per heavy atom. The zero-order valence-electron chi connectivity index (χ0n) is 19.4. The van der Waals surface area contributed by atoms with Crippen LogP contribution in [0, 0.1) is 0 Å². The summed E-state index contributed by atoms with van der Waals surface area (Å²) in [5.41, 5.74) is 4.52. The highest BCUT2D eigenvalue weighted by molar-refractivity contribution is 7.98. The monoisotopic (exact) mass is 482 g/mol. The molecule has 3 aromatic carbocycles. The Hall–Kier alpha value is -3.84.